The third-order valence-corrected chi connectivity index (χ3v) is 3.53. The molecule has 0 bridgehead atoms. The first-order valence-corrected chi connectivity index (χ1v) is 6.93. The van der Waals surface area contributed by atoms with Gasteiger partial charge in [0.15, 0.2) is 11.5 Å². The molecule has 2 aromatic rings. The number of nitro groups is 1. The summed E-state index contributed by atoms with van der Waals surface area (Å²) in [6, 6.07) is 11.1. The van der Waals surface area contributed by atoms with E-state index in [0.29, 0.717) is 23.6 Å². The normalized spacial score (nSPS) is 12.0. The van der Waals surface area contributed by atoms with Crippen molar-refractivity contribution in [2.45, 2.75) is 6.54 Å². The highest BCUT2D eigenvalue weighted by Crippen LogP contribution is 2.32. The van der Waals surface area contributed by atoms with Crippen LogP contribution in [0.5, 0.6) is 11.5 Å². The largest absolute Gasteiger partial charge is 0.454 e. The zero-order chi connectivity index (χ0) is 16.4. The number of ether oxygens (including phenoxy) is 2. The fraction of sp³-hybridized carbons (Fsp3) is 0.188. The average Bonchev–Trinajstić information content (AvgIpc) is 3.01. The lowest BCUT2D eigenvalue weighted by Gasteiger charge is -2.17. The third kappa shape index (κ3) is 3.08. The van der Waals surface area contributed by atoms with E-state index in [9.17, 15) is 14.9 Å². The fourth-order valence-electron chi connectivity index (χ4n) is 2.33. The van der Waals surface area contributed by atoms with Gasteiger partial charge < -0.3 is 14.4 Å². The molecule has 0 unspecified atom stereocenters. The fourth-order valence-corrected chi connectivity index (χ4v) is 2.33. The standard InChI is InChI=1S/C16H14N2O5/c1-17(9-11-2-7-14-15(8-11)23-10-22-14)16(19)12-3-5-13(6-4-12)18(20)21/h2-8H,9-10H2,1H3. The smallest absolute Gasteiger partial charge is 0.269 e. The molecule has 7 nitrogen and oxygen atoms in total. The van der Waals surface area contributed by atoms with Gasteiger partial charge in [0.05, 0.1) is 4.92 Å². The van der Waals surface area contributed by atoms with Crippen LogP contribution in [-0.2, 0) is 6.54 Å². The summed E-state index contributed by atoms with van der Waals surface area (Å²) in [5.74, 6) is 1.15. The van der Waals surface area contributed by atoms with E-state index in [-0.39, 0.29) is 18.4 Å². The van der Waals surface area contributed by atoms with Gasteiger partial charge in [-0.25, -0.2) is 0 Å². The highest BCUT2D eigenvalue weighted by Gasteiger charge is 2.17. The summed E-state index contributed by atoms with van der Waals surface area (Å²) in [6.07, 6.45) is 0. The van der Waals surface area contributed by atoms with Crippen molar-refractivity contribution in [3.8, 4) is 11.5 Å². The number of hydrogen-bond donors (Lipinski definition) is 0. The highest BCUT2D eigenvalue weighted by atomic mass is 16.7. The van der Waals surface area contributed by atoms with Gasteiger partial charge >= 0.3 is 0 Å². The lowest BCUT2D eigenvalue weighted by Crippen LogP contribution is -2.26. The van der Waals surface area contributed by atoms with E-state index in [1.165, 1.54) is 24.3 Å². The number of benzene rings is 2. The summed E-state index contributed by atoms with van der Waals surface area (Å²) in [5.41, 5.74) is 1.27. The van der Waals surface area contributed by atoms with E-state index in [2.05, 4.69) is 0 Å². The van der Waals surface area contributed by atoms with Crippen molar-refractivity contribution in [1.82, 2.24) is 4.90 Å². The van der Waals surface area contributed by atoms with Crippen molar-refractivity contribution < 1.29 is 19.2 Å². The monoisotopic (exact) mass is 314 g/mol. The van der Waals surface area contributed by atoms with Crippen LogP contribution in [0.25, 0.3) is 0 Å². The topological polar surface area (TPSA) is 81.9 Å². The molecule has 1 aliphatic rings. The minimum absolute atomic E-state index is 0.0417. The van der Waals surface area contributed by atoms with E-state index < -0.39 is 4.92 Å². The predicted molar refractivity (Wildman–Crippen MR) is 81.5 cm³/mol. The molecule has 0 spiro atoms. The minimum Gasteiger partial charge on any atom is -0.454 e. The van der Waals surface area contributed by atoms with Crippen LogP contribution in [0.3, 0.4) is 0 Å². The van der Waals surface area contributed by atoms with Gasteiger partial charge in [-0.05, 0) is 29.8 Å². The molecule has 2 aromatic carbocycles. The van der Waals surface area contributed by atoms with E-state index in [0.717, 1.165) is 5.56 Å². The molecule has 0 N–H and O–H groups in total. The Labute approximate surface area is 132 Å². The molecule has 23 heavy (non-hydrogen) atoms. The van der Waals surface area contributed by atoms with E-state index >= 15 is 0 Å². The van der Waals surface area contributed by atoms with Gasteiger partial charge in [0, 0.05) is 31.3 Å². The van der Waals surface area contributed by atoms with Crippen LogP contribution in [0.15, 0.2) is 42.5 Å². The van der Waals surface area contributed by atoms with Crippen molar-refractivity contribution in [3.63, 3.8) is 0 Å². The van der Waals surface area contributed by atoms with E-state index in [1.807, 2.05) is 18.2 Å². The highest BCUT2D eigenvalue weighted by molar-refractivity contribution is 5.94. The predicted octanol–water partition coefficient (Wildman–Crippen LogP) is 2.60. The number of non-ortho nitro benzene ring substituents is 1. The van der Waals surface area contributed by atoms with Gasteiger partial charge in [-0.3, -0.25) is 14.9 Å². The maximum atomic E-state index is 12.4. The zero-order valence-electron chi connectivity index (χ0n) is 12.4. The second-order valence-electron chi connectivity index (χ2n) is 5.15. The van der Waals surface area contributed by atoms with Crippen molar-refractivity contribution >= 4 is 11.6 Å². The first kappa shape index (κ1) is 14.8. The first-order valence-electron chi connectivity index (χ1n) is 6.93. The third-order valence-electron chi connectivity index (χ3n) is 3.53. The van der Waals surface area contributed by atoms with Gasteiger partial charge in [-0.15, -0.1) is 0 Å². The molecule has 3 rings (SSSR count). The number of rotatable bonds is 4. The number of carbonyl (C=O) groups excluding carboxylic acids is 1. The summed E-state index contributed by atoms with van der Waals surface area (Å²) in [6.45, 7) is 0.600. The molecule has 0 fully saturated rings. The van der Waals surface area contributed by atoms with Crippen LogP contribution < -0.4 is 9.47 Å². The Hall–Kier alpha value is -3.09. The average molecular weight is 314 g/mol. The summed E-state index contributed by atoms with van der Waals surface area (Å²) in [7, 11) is 1.67. The summed E-state index contributed by atoms with van der Waals surface area (Å²) >= 11 is 0. The zero-order valence-corrected chi connectivity index (χ0v) is 12.4. The number of carbonyl (C=O) groups is 1. The molecule has 1 amide bonds. The second-order valence-corrected chi connectivity index (χ2v) is 5.15. The molecule has 118 valence electrons. The Morgan fingerprint density at radius 3 is 2.57 bits per heavy atom. The van der Waals surface area contributed by atoms with Crippen molar-refractivity contribution in [3.05, 3.63) is 63.7 Å². The van der Waals surface area contributed by atoms with Crippen LogP contribution in [0, 0.1) is 10.1 Å². The summed E-state index contributed by atoms with van der Waals surface area (Å²) in [5, 5.41) is 10.6. The molecule has 0 aromatic heterocycles. The van der Waals surface area contributed by atoms with Gasteiger partial charge in [-0.2, -0.15) is 0 Å². The molecule has 1 heterocycles. The number of nitro benzene ring substituents is 1. The van der Waals surface area contributed by atoms with Crippen molar-refractivity contribution in [1.29, 1.82) is 0 Å². The number of fused-ring (bicyclic) bond motifs is 1. The van der Waals surface area contributed by atoms with E-state index in [4.69, 9.17) is 9.47 Å². The van der Waals surface area contributed by atoms with Gasteiger partial charge in [0.2, 0.25) is 6.79 Å². The first-order chi connectivity index (χ1) is 11.0. The Kier molecular flexibility index (Phi) is 3.84. The van der Waals surface area contributed by atoms with Crippen molar-refractivity contribution in [2.75, 3.05) is 13.8 Å². The molecule has 7 heteroatoms. The number of hydrogen-bond acceptors (Lipinski definition) is 5. The Balaban J connectivity index is 1.71. The summed E-state index contributed by atoms with van der Waals surface area (Å²) in [4.78, 5) is 24.0. The molecule has 0 atom stereocenters. The second kappa shape index (κ2) is 5.96. The Bertz CT molecular complexity index is 758. The lowest BCUT2D eigenvalue weighted by molar-refractivity contribution is -0.384. The molecular formula is C16H14N2O5. The molecule has 1 aliphatic heterocycles. The van der Waals surface area contributed by atoms with Gasteiger partial charge in [0.25, 0.3) is 11.6 Å². The maximum absolute atomic E-state index is 12.4. The molecule has 0 saturated carbocycles. The molecule has 0 saturated heterocycles. The molecule has 0 radical (unpaired) electrons. The van der Waals surface area contributed by atoms with Crippen LogP contribution in [0.4, 0.5) is 5.69 Å². The van der Waals surface area contributed by atoms with Crippen LogP contribution in [0.2, 0.25) is 0 Å². The number of amides is 1. The number of nitrogens with zero attached hydrogens (tertiary/aromatic N) is 2. The SMILES string of the molecule is CN(Cc1ccc2c(c1)OCO2)C(=O)c1ccc([N+](=O)[O-])cc1. The van der Waals surface area contributed by atoms with Crippen LogP contribution in [0.1, 0.15) is 15.9 Å². The quantitative estimate of drug-likeness (QED) is 0.640. The Morgan fingerprint density at radius 2 is 1.87 bits per heavy atom. The van der Waals surface area contributed by atoms with Gasteiger partial charge in [0.1, 0.15) is 0 Å². The van der Waals surface area contributed by atoms with Crippen molar-refractivity contribution in [2.24, 2.45) is 0 Å². The Morgan fingerprint density at radius 1 is 1.17 bits per heavy atom. The summed E-state index contributed by atoms with van der Waals surface area (Å²) < 4.78 is 10.6. The molecule has 0 aliphatic carbocycles. The van der Waals surface area contributed by atoms with E-state index in [1.54, 1.807) is 11.9 Å². The van der Waals surface area contributed by atoms with Crippen LogP contribution in [-0.4, -0.2) is 29.6 Å². The molecular weight excluding hydrogens is 300 g/mol. The maximum Gasteiger partial charge on any atom is 0.269 e. The lowest BCUT2D eigenvalue weighted by atomic mass is 10.1. The minimum atomic E-state index is -0.495. The van der Waals surface area contributed by atoms with Crippen LogP contribution >= 0.6 is 0 Å². The van der Waals surface area contributed by atoms with Gasteiger partial charge in [-0.1, -0.05) is 6.07 Å².